The van der Waals surface area contributed by atoms with Crippen LogP contribution in [0.5, 0.6) is 0 Å². The van der Waals surface area contributed by atoms with E-state index in [0.29, 0.717) is 21.5 Å². The van der Waals surface area contributed by atoms with Crippen LogP contribution in [0.4, 0.5) is 0 Å². The molecule has 0 heterocycles. The zero-order chi connectivity index (χ0) is 13.8. The lowest BCUT2D eigenvalue weighted by Crippen LogP contribution is -2.33. The van der Waals surface area contributed by atoms with Crippen molar-refractivity contribution < 1.29 is 9.53 Å². The summed E-state index contributed by atoms with van der Waals surface area (Å²) in [6.45, 7) is 0. The molecule has 19 heavy (non-hydrogen) atoms. The van der Waals surface area contributed by atoms with Crippen LogP contribution in [0.3, 0.4) is 0 Å². The maximum absolute atomic E-state index is 12.6. The molecule has 1 aromatic rings. The van der Waals surface area contributed by atoms with Gasteiger partial charge in [0.2, 0.25) is 0 Å². The number of rotatable bonds is 4. The summed E-state index contributed by atoms with van der Waals surface area (Å²) in [6, 6.07) is 4.97. The molecule has 2 nitrogen and oxygen atoms in total. The van der Waals surface area contributed by atoms with Crippen molar-refractivity contribution >= 4 is 29.0 Å². The van der Waals surface area contributed by atoms with E-state index >= 15 is 0 Å². The van der Waals surface area contributed by atoms with E-state index in [0.717, 1.165) is 12.8 Å². The van der Waals surface area contributed by atoms with Gasteiger partial charge in [0.15, 0.2) is 5.78 Å². The third-order valence-electron chi connectivity index (χ3n) is 3.78. The summed E-state index contributed by atoms with van der Waals surface area (Å²) < 4.78 is 5.45. The monoisotopic (exact) mass is 300 g/mol. The number of hydrogen-bond donors (Lipinski definition) is 0. The first-order valence-corrected chi connectivity index (χ1v) is 7.41. The van der Waals surface area contributed by atoms with Crippen molar-refractivity contribution in [1.29, 1.82) is 0 Å². The lowest BCUT2D eigenvalue weighted by Gasteiger charge is -2.28. The highest BCUT2D eigenvalue weighted by molar-refractivity contribution is 6.36. The fraction of sp³-hybridized carbons (Fsp3) is 0.533. The van der Waals surface area contributed by atoms with Crippen molar-refractivity contribution in [2.24, 2.45) is 5.92 Å². The molecule has 1 fully saturated rings. The number of ketones is 1. The number of carbonyl (C=O) groups is 1. The second kappa shape index (κ2) is 6.74. The highest BCUT2D eigenvalue weighted by atomic mass is 35.5. The molecule has 0 radical (unpaired) electrons. The molecule has 0 aliphatic heterocycles. The molecule has 1 unspecified atom stereocenters. The summed E-state index contributed by atoms with van der Waals surface area (Å²) in [5.74, 6) is 0.239. The molecular formula is C15H18Cl2O2. The molecule has 0 N–H and O–H groups in total. The number of benzene rings is 1. The average molecular weight is 301 g/mol. The Morgan fingerprint density at radius 1 is 1.26 bits per heavy atom. The highest BCUT2D eigenvalue weighted by Crippen LogP contribution is 2.31. The summed E-state index contributed by atoms with van der Waals surface area (Å²) in [5.41, 5.74) is 0.464. The van der Waals surface area contributed by atoms with Crippen LogP contribution in [0.2, 0.25) is 10.0 Å². The fourth-order valence-electron chi connectivity index (χ4n) is 2.79. The normalized spacial score (nSPS) is 18.3. The van der Waals surface area contributed by atoms with Gasteiger partial charge in [-0.25, -0.2) is 0 Å². The lowest BCUT2D eigenvalue weighted by atomic mass is 9.82. The molecular weight excluding hydrogens is 283 g/mol. The molecule has 1 aliphatic carbocycles. The van der Waals surface area contributed by atoms with Crippen molar-refractivity contribution in [3.05, 3.63) is 33.8 Å². The van der Waals surface area contributed by atoms with Gasteiger partial charge in [0.1, 0.15) is 6.10 Å². The molecule has 1 aliphatic rings. The van der Waals surface area contributed by atoms with Gasteiger partial charge >= 0.3 is 0 Å². The lowest BCUT2D eigenvalue weighted by molar-refractivity contribution is 0.0314. The first-order chi connectivity index (χ1) is 9.13. The third kappa shape index (κ3) is 3.50. The van der Waals surface area contributed by atoms with Gasteiger partial charge in [0, 0.05) is 17.7 Å². The van der Waals surface area contributed by atoms with Gasteiger partial charge in [-0.1, -0.05) is 42.5 Å². The first-order valence-electron chi connectivity index (χ1n) is 6.65. The molecule has 0 spiro atoms. The molecule has 1 saturated carbocycles. The molecule has 1 atom stereocenters. The summed E-state index contributed by atoms with van der Waals surface area (Å²) in [6.07, 6.45) is 5.27. The molecule has 4 heteroatoms. The van der Waals surface area contributed by atoms with E-state index in [-0.39, 0.29) is 5.78 Å². The van der Waals surface area contributed by atoms with Crippen LogP contribution in [-0.2, 0) is 4.74 Å². The van der Waals surface area contributed by atoms with Crippen molar-refractivity contribution in [3.63, 3.8) is 0 Å². The van der Waals surface area contributed by atoms with Crippen LogP contribution in [0, 0.1) is 5.92 Å². The molecule has 104 valence electrons. The second-order valence-corrected chi connectivity index (χ2v) is 5.89. The van der Waals surface area contributed by atoms with Gasteiger partial charge in [0.05, 0.1) is 5.02 Å². The number of Topliss-reactive ketones (excluding diaryl/α,β-unsaturated/α-hetero) is 1. The van der Waals surface area contributed by atoms with Crippen LogP contribution >= 0.6 is 23.2 Å². The van der Waals surface area contributed by atoms with Gasteiger partial charge in [0.25, 0.3) is 0 Å². The molecule has 0 bridgehead atoms. The molecule has 0 saturated heterocycles. The quantitative estimate of drug-likeness (QED) is 0.749. The zero-order valence-electron chi connectivity index (χ0n) is 11.0. The summed E-state index contributed by atoms with van der Waals surface area (Å²) in [5, 5.41) is 0.957. The minimum Gasteiger partial charge on any atom is -0.373 e. The number of carbonyl (C=O) groups excluding carboxylic acids is 1. The van der Waals surface area contributed by atoms with Gasteiger partial charge in [-0.15, -0.1) is 0 Å². The van der Waals surface area contributed by atoms with Crippen molar-refractivity contribution in [1.82, 2.24) is 0 Å². The standard InChI is InChI=1S/C15H18Cl2O2/c1-19-15(10-5-3-2-4-6-10)14(18)12-9-11(16)7-8-13(12)17/h7-10,15H,2-6H2,1H3. The van der Waals surface area contributed by atoms with Crippen LogP contribution in [-0.4, -0.2) is 19.0 Å². The van der Waals surface area contributed by atoms with Crippen molar-refractivity contribution in [2.45, 2.75) is 38.2 Å². The minimum atomic E-state index is -0.406. The largest absolute Gasteiger partial charge is 0.373 e. The van der Waals surface area contributed by atoms with E-state index in [1.165, 1.54) is 19.3 Å². The zero-order valence-corrected chi connectivity index (χ0v) is 12.5. The van der Waals surface area contributed by atoms with E-state index in [4.69, 9.17) is 27.9 Å². The van der Waals surface area contributed by atoms with E-state index in [1.54, 1.807) is 25.3 Å². The Kier molecular flexibility index (Phi) is 5.26. The smallest absolute Gasteiger partial charge is 0.193 e. The third-order valence-corrected chi connectivity index (χ3v) is 4.35. The molecule has 0 amide bonds. The molecule has 1 aromatic carbocycles. The number of hydrogen-bond acceptors (Lipinski definition) is 2. The number of ether oxygens (including phenoxy) is 1. The highest BCUT2D eigenvalue weighted by Gasteiger charge is 2.31. The van der Waals surface area contributed by atoms with Crippen LogP contribution < -0.4 is 0 Å². The Balaban J connectivity index is 2.22. The van der Waals surface area contributed by atoms with E-state index < -0.39 is 6.10 Å². The van der Waals surface area contributed by atoms with Crippen molar-refractivity contribution in [3.8, 4) is 0 Å². The Morgan fingerprint density at radius 3 is 2.58 bits per heavy atom. The molecule has 2 rings (SSSR count). The number of methoxy groups -OCH3 is 1. The van der Waals surface area contributed by atoms with Crippen molar-refractivity contribution in [2.75, 3.05) is 7.11 Å². The predicted molar refractivity (Wildman–Crippen MR) is 78.2 cm³/mol. The topological polar surface area (TPSA) is 26.3 Å². The molecule has 0 aromatic heterocycles. The first kappa shape index (κ1) is 14.8. The SMILES string of the molecule is COC(C(=O)c1cc(Cl)ccc1Cl)C1CCCCC1. The Bertz CT molecular complexity index is 453. The summed E-state index contributed by atoms with van der Waals surface area (Å²) in [7, 11) is 1.59. The Hall–Kier alpha value is -0.570. The fourth-order valence-corrected chi connectivity index (χ4v) is 3.17. The van der Waals surface area contributed by atoms with Gasteiger partial charge < -0.3 is 4.74 Å². The van der Waals surface area contributed by atoms with Crippen LogP contribution in [0.15, 0.2) is 18.2 Å². The van der Waals surface area contributed by atoms with E-state index in [2.05, 4.69) is 0 Å². The van der Waals surface area contributed by atoms with E-state index in [9.17, 15) is 4.79 Å². The Morgan fingerprint density at radius 2 is 1.95 bits per heavy atom. The second-order valence-electron chi connectivity index (χ2n) is 5.04. The predicted octanol–water partition coefficient (Wildman–Crippen LogP) is 4.77. The van der Waals surface area contributed by atoms with Gasteiger partial charge in [-0.2, -0.15) is 0 Å². The minimum absolute atomic E-state index is 0.0538. The van der Waals surface area contributed by atoms with Crippen LogP contribution in [0.1, 0.15) is 42.5 Å². The summed E-state index contributed by atoms with van der Waals surface area (Å²) in [4.78, 5) is 12.6. The van der Waals surface area contributed by atoms with Gasteiger partial charge in [-0.3, -0.25) is 4.79 Å². The summed E-state index contributed by atoms with van der Waals surface area (Å²) >= 11 is 12.0. The maximum atomic E-state index is 12.6. The maximum Gasteiger partial charge on any atom is 0.193 e. The number of halogens is 2. The van der Waals surface area contributed by atoms with E-state index in [1.807, 2.05) is 0 Å². The van der Waals surface area contributed by atoms with Gasteiger partial charge in [-0.05, 0) is 37.0 Å². The average Bonchev–Trinajstić information content (AvgIpc) is 2.43. The van der Waals surface area contributed by atoms with Crippen LogP contribution in [0.25, 0.3) is 0 Å². The Labute approximate surface area is 124 Å².